The van der Waals surface area contributed by atoms with Crippen molar-refractivity contribution in [3.8, 4) is 0 Å². The van der Waals surface area contributed by atoms with Gasteiger partial charge in [0.1, 0.15) is 6.61 Å². The Labute approximate surface area is 123 Å². The second-order valence-electron chi connectivity index (χ2n) is 5.26. The second kappa shape index (κ2) is 6.01. The number of benzene rings is 1. The van der Waals surface area contributed by atoms with Gasteiger partial charge in [-0.25, -0.2) is 0 Å². The van der Waals surface area contributed by atoms with Crippen molar-refractivity contribution in [2.45, 2.75) is 25.9 Å². The number of nitrogens with zero attached hydrogens (tertiary/aromatic N) is 2. The Kier molecular flexibility index (Phi) is 4.10. The summed E-state index contributed by atoms with van der Waals surface area (Å²) in [4.78, 5) is 15.3. The lowest BCUT2D eigenvalue weighted by molar-refractivity contribution is -0.125. The van der Waals surface area contributed by atoms with Gasteiger partial charge in [0.05, 0.1) is 12.7 Å². The molecular weight excluding hydrogens is 272 g/mol. The van der Waals surface area contributed by atoms with Gasteiger partial charge in [-0.3, -0.25) is 4.79 Å². The van der Waals surface area contributed by atoms with Crippen LogP contribution in [0.3, 0.4) is 0 Å². The van der Waals surface area contributed by atoms with Crippen molar-refractivity contribution in [2.75, 3.05) is 36.1 Å². The van der Waals surface area contributed by atoms with Crippen molar-refractivity contribution < 1.29 is 19.4 Å². The molecule has 6 nitrogen and oxygen atoms in total. The average Bonchev–Trinajstić information content (AvgIpc) is 2.89. The maximum atomic E-state index is 11.8. The molecule has 3 rings (SSSR count). The molecule has 6 heteroatoms. The highest BCUT2D eigenvalue weighted by Crippen LogP contribution is 2.27. The molecule has 1 aromatic rings. The van der Waals surface area contributed by atoms with E-state index in [4.69, 9.17) is 9.47 Å². The number of aliphatic hydroxyl groups excluding tert-OH is 1. The molecule has 0 spiro atoms. The van der Waals surface area contributed by atoms with Crippen molar-refractivity contribution in [1.29, 1.82) is 0 Å². The third kappa shape index (κ3) is 2.88. The maximum absolute atomic E-state index is 11.8. The molecule has 1 aromatic carbocycles. The molecule has 2 fully saturated rings. The van der Waals surface area contributed by atoms with Crippen LogP contribution in [0.1, 0.15) is 13.3 Å². The minimum Gasteiger partial charge on any atom is -0.370 e. The summed E-state index contributed by atoms with van der Waals surface area (Å²) in [7, 11) is 0. The first-order valence-electron chi connectivity index (χ1n) is 7.27. The standard InChI is InChI=1S/C15H20N2O4/c1-2-13-9-17(15(19)21-13)12-5-3-11(4-6-12)16-7-8-20-10-14(16)18/h3-6,13,15,19H,2,7-10H2,1H3. The van der Waals surface area contributed by atoms with E-state index in [2.05, 4.69) is 0 Å². The number of carbonyl (C=O) groups is 1. The number of amides is 1. The summed E-state index contributed by atoms with van der Waals surface area (Å²) < 4.78 is 10.6. The minimum atomic E-state index is -0.897. The van der Waals surface area contributed by atoms with E-state index in [1.807, 2.05) is 36.1 Å². The van der Waals surface area contributed by atoms with Gasteiger partial charge in [-0.2, -0.15) is 0 Å². The first-order valence-corrected chi connectivity index (χ1v) is 7.27. The van der Waals surface area contributed by atoms with Gasteiger partial charge in [0.25, 0.3) is 5.91 Å². The Balaban J connectivity index is 1.73. The number of anilines is 2. The van der Waals surface area contributed by atoms with E-state index in [-0.39, 0.29) is 18.6 Å². The first kappa shape index (κ1) is 14.3. The van der Waals surface area contributed by atoms with Gasteiger partial charge >= 0.3 is 0 Å². The Morgan fingerprint density at radius 1 is 1.29 bits per heavy atom. The topological polar surface area (TPSA) is 62.2 Å². The number of morpholine rings is 1. The van der Waals surface area contributed by atoms with Crippen LogP contribution in [0, 0.1) is 0 Å². The highest BCUT2D eigenvalue weighted by atomic mass is 16.6. The lowest BCUT2D eigenvalue weighted by Gasteiger charge is -2.27. The quantitative estimate of drug-likeness (QED) is 0.898. The van der Waals surface area contributed by atoms with Crippen molar-refractivity contribution >= 4 is 17.3 Å². The Morgan fingerprint density at radius 2 is 2.00 bits per heavy atom. The molecule has 0 bridgehead atoms. The van der Waals surface area contributed by atoms with Crippen LogP contribution >= 0.6 is 0 Å². The van der Waals surface area contributed by atoms with Gasteiger partial charge in [-0.15, -0.1) is 0 Å². The Bertz CT molecular complexity index is 505. The predicted octanol–water partition coefficient (Wildman–Crippen LogP) is 0.941. The van der Waals surface area contributed by atoms with E-state index in [0.29, 0.717) is 19.7 Å². The highest BCUT2D eigenvalue weighted by Gasteiger charge is 2.30. The number of carbonyl (C=O) groups excluding carboxylic acids is 1. The van der Waals surface area contributed by atoms with E-state index >= 15 is 0 Å². The summed E-state index contributed by atoms with van der Waals surface area (Å²) in [5.74, 6) is -0.0235. The van der Waals surface area contributed by atoms with Gasteiger partial charge < -0.3 is 24.4 Å². The van der Waals surface area contributed by atoms with Crippen LogP contribution in [0.5, 0.6) is 0 Å². The average molecular weight is 292 g/mol. The number of hydrogen-bond donors (Lipinski definition) is 1. The van der Waals surface area contributed by atoms with Crippen LogP contribution in [0.25, 0.3) is 0 Å². The zero-order valence-corrected chi connectivity index (χ0v) is 12.1. The number of ether oxygens (including phenoxy) is 2. The number of aliphatic hydroxyl groups is 1. The van der Waals surface area contributed by atoms with E-state index in [1.165, 1.54) is 0 Å². The van der Waals surface area contributed by atoms with Crippen LogP contribution in [0.15, 0.2) is 24.3 Å². The summed E-state index contributed by atoms with van der Waals surface area (Å²) in [6, 6.07) is 7.60. The molecule has 2 aliphatic rings. The lowest BCUT2D eigenvalue weighted by Crippen LogP contribution is -2.41. The highest BCUT2D eigenvalue weighted by molar-refractivity contribution is 5.95. The molecule has 2 atom stereocenters. The fraction of sp³-hybridized carbons (Fsp3) is 0.533. The predicted molar refractivity (Wildman–Crippen MR) is 78.1 cm³/mol. The molecule has 0 saturated carbocycles. The fourth-order valence-corrected chi connectivity index (χ4v) is 2.67. The smallest absolute Gasteiger partial charge is 0.253 e. The minimum absolute atomic E-state index is 0.0235. The van der Waals surface area contributed by atoms with Gasteiger partial charge in [-0.05, 0) is 30.7 Å². The molecule has 2 saturated heterocycles. The Hall–Kier alpha value is -1.63. The van der Waals surface area contributed by atoms with Gasteiger partial charge in [-0.1, -0.05) is 6.92 Å². The van der Waals surface area contributed by atoms with Crippen LogP contribution < -0.4 is 9.80 Å². The van der Waals surface area contributed by atoms with E-state index in [0.717, 1.165) is 17.8 Å². The fourth-order valence-electron chi connectivity index (χ4n) is 2.67. The van der Waals surface area contributed by atoms with E-state index in [9.17, 15) is 9.90 Å². The van der Waals surface area contributed by atoms with Gasteiger partial charge in [0, 0.05) is 24.5 Å². The summed E-state index contributed by atoms with van der Waals surface area (Å²) in [5, 5.41) is 9.93. The molecule has 1 N–H and O–H groups in total. The summed E-state index contributed by atoms with van der Waals surface area (Å²) in [6.07, 6.45) is 0.0276. The van der Waals surface area contributed by atoms with E-state index < -0.39 is 6.41 Å². The third-order valence-corrected chi connectivity index (χ3v) is 3.92. The Morgan fingerprint density at radius 3 is 2.62 bits per heavy atom. The zero-order valence-electron chi connectivity index (χ0n) is 12.1. The van der Waals surface area contributed by atoms with Crippen LogP contribution in [0.4, 0.5) is 11.4 Å². The molecule has 0 radical (unpaired) electrons. The van der Waals surface area contributed by atoms with Crippen molar-refractivity contribution in [3.63, 3.8) is 0 Å². The van der Waals surface area contributed by atoms with Crippen molar-refractivity contribution in [3.05, 3.63) is 24.3 Å². The maximum Gasteiger partial charge on any atom is 0.253 e. The SMILES string of the molecule is CCC1CN(c2ccc(N3CCOCC3=O)cc2)C(O)O1. The summed E-state index contributed by atoms with van der Waals surface area (Å²) >= 11 is 0. The molecule has 1 amide bonds. The molecule has 21 heavy (non-hydrogen) atoms. The van der Waals surface area contributed by atoms with Crippen LogP contribution in [-0.4, -0.2) is 49.8 Å². The van der Waals surface area contributed by atoms with Gasteiger partial charge in [0.2, 0.25) is 6.41 Å². The molecule has 2 aliphatic heterocycles. The molecule has 0 aliphatic carbocycles. The van der Waals surface area contributed by atoms with Crippen LogP contribution in [-0.2, 0) is 14.3 Å². The number of rotatable bonds is 3. The largest absolute Gasteiger partial charge is 0.370 e. The lowest BCUT2D eigenvalue weighted by atomic mass is 10.2. The summed E-state index contributed by atoms with van der Waals surface area (Å²) in [6.45, 7) is 3.98. The van der Waals surface area contributed by atoms with E-state index in [1.54, 1.807) is 4.90 Å². The van der Waals surface area contributed by atoms with Crippen molar-refractivity contribution in [2.24, 2.45) is 0 Å². The second-order valence-corrected chi connectivity index (χ2v) is 5.26. The molecule has 0 aromatic heterocycles. The monoisotopic (exact) mass is 292 g/mol. The normalized spacial score (nSPS) is 26.5. The summed E-state index contributed by atoms with van der Waals surface area (Å²) in [5.41, 5.74) is 1.75. The molecule has 114 valence electrons. The van der Waals surface area contributed by atoms with Crippen molar-refractivity contribution in [1.82, 2.24) is 0 Å². The molecule has 2 heterocycles. The van der Waals surface area contributed by atoms with Gasteiger partial charge in [0.15, 0.2) is 0 Å². The van der Waals surface area contributed by atoms with Crippen LogP contribution in [0.2, 0.25) is 0 Å². The number of hydrogen-bond acceptors (Lipinski definition) is 5. The molecular formula is C15H20N2O4. The zero-order chi connectivity index (χ0) is 14.8. The first-order chi connectivity index (χ1) is 10.2. The third-order valence-electron chi connectivity index (χ3n) is 3.92. The molecule has 2 unspecified atom stereocenters.